The first-order valence-electron chi connectivity index (χ1n) is 9.99. The number of pyridine rings is 1. The van der Waals surface area contributed by atoms with Crippen molar-refractivity contribution in [3.63, 3.8) is 0 Å². The third-order valence-corrected chi connectivity index (χ3v) is 5.76. The molecule has 1 aliphatic heterocycles. The molecule has 2 aliphatic rings. The highest BCUT2D eigenvalue weighted by atomic mass is 19.4. The van der Waals surface area contributed by atoms with Crippen LogP contribution in [0.15, 0.2) is 18.3 Å². The predicted molar refractivity (Wildman–Crippen MR) is 98.4 cm³/mol. The molecule has 1 N–H and O–H groups in total. The Morgan fingerprint density at radius 2 is 1.81 bits per heavy atom. The van der Waals surface area contributed by atoms with Gasteiger partial charge in [-0.3, -0.25) is 4.79 Å². The van der Waals surface area contributed by atoms with Crippen molar-refractivity contribution in [2.75, 3.05) is 18.0 Å². The number of halogens is 3. The number of nitrogens with one attached hydrogen (secondary N) is 1. The van der Waals surface area contributed by atoms with Crippen LogP contribution in [0.4, 0.5) is 19.0 Å². The Morgan fingerprint density at radius 1 is 1.11 bits per heavy atom. The predicted octanol–water partition coefficient (Wildman–Crippen LogP) is 4.55. The molecular formula is C20H28F3N3O. The standard InChI is InChI=1S/C20H28F3N3O/c21-20(22,23)16-7-8-18(24-14-16)26-12-10-17(11-13-26)25-19(27)9-6-15-4-2-1-3-5-15/h7-8,14-15,17H,1-6,9-13H2,(H,25,27). The van der Waals surface area contributed by atoms with Crippen LogP contribution in [0.5, 0.6) is 0 Å². The maximum absolute atomic E-state index is 12.6. The zero-order valence-electron chi connectivity index (χ0n) is 15.6. The second kappa shape index (κ2) is 8.93. The molecule has 1 aromatic rings. The van der Waals surface area contributed by atoms with Crippen LogP contribution in [-0.2, 0) is 11.0 Å². The number of hydrogen-bond acceptors (Lipinski definition) is 3. The van der Waals surface area contributed by atoms with Gasteiger partial charge in [0.2, 0.25) is 5.91 Å². The summed E-state index contributed by atoms with van der Waals surface area (Å²) in [5, 5.41) is 3.12. The third kappa shape index (κ3) is 5.84. The first-order valence-corrected chi connectivity index (χ1v) is 9.99. The number of piperidine rings is 1. The van der Waals surface area contributed by atoms with Crippen LogP contribution in [0, 0.1) is 5.92 Å². The highest BCUT2D eigenvalue weighted by Crippen LogP contribution is 2.30. The van der Waals surface area contributed by atoms with Crippen molar-refractivity contribution < 1.29 is 18.0 Å². The molecule has 0 bridgehead atoms. The molecule has 0 radical (unpaired) electrons. The molecule has 0 unspecified atom stereocenters. The molecule has 1 aromatic heterocycles. The summed E-state index contributed by atoms with van der Waals surface area (Å²) in [4.78, 5) is 18.1. The SMILES string of the molecule is O=C(CCC1CCCCC1)NC1CCN(c2ccc(C(F)(F)F)cn2)CC1. The first kappa shape index (κ1) is 20.0. The zero-order chi connectivity index (χ0) is 19.3. The fourth-order valence-corrected chi connectivity index (χ4v) is 4.10. The van der Waals surface area contributed by atoms with Gasteiger partial charge in [0.15, 0.2) is 0 Å². The van der Waals surface area contributed by atoms with E-state index in [4.69, 9.17) is 0 Å². The number of aromatic nitrogens is 1. The van der Waals surface area contributed by atoms with Gasteiger partial charge in [0.1, 0.15) is 5.82 Å². The van der Waals surface area contributed by atoms with Gasteiger partial charge in [-0.25, -0.2) is 4.98 Å². The summed E-state index contributed by atoms with van der Waals surface area (Å²) in [6.07, 6.45) is 6.12. The molecule has 2 heterocycles. The normalized spacial score (nSPS) is 19.9. The lowest BCUT2D eigenvalue weighted by Crippen LogP contribution is -2.45. The monoisotopic (exact) mass is 383 g/mol. The molecule has 1 saturated carbocycles. The largest absolute Gasteiger partial charge is 0.417 e. The second-order valence-electron chi connectivity index (χ2n) is 7.77. The average Bonchev–Trinajstić information content (AvgIpc) is 2.67. The highest BCUT2D eigenvalue weighted by molar-refractivity contribution is 5.76. The molecule has 1 saturated heterocycles. The van der Waals surface area contributed by atoms with Gasteiger partial charge in [-0.2, -0.15) is 13.2 Å². The van der Waals surface area contributed by atoms with Crippen LogP contribution in [-0.4, -0.2) is 30.0 Å². The Kier molecular flexibility index (Phi) is 6.60. The lowest BCUT2D eigenvalue weighted by atomic mass is 9.86. The summed E-state index contributed by atoms with van der Waals surface area (Å²) in [7, 11) is 0. The maximum Gasteiger partial charge on any atom is 0.417 e. The summed E-state index contributed by atoms with van der Waals surface area (Å²) < 4.78 is 37.9. The van der Waals surface area contributed by atoms with Gasteiger partial charge in [0.05, 0.1) is 5.56 Å². The minimum atomic E-state index is -4.36. The maximum atomic E-state index is 12.6. The molecule has 27 heavy (non-hydrogen) atoms. The lowest BCUT2D eigenvalue weighted by molar-refractivity contribution is -0.137. The number of amides is 1. The molecule has 1 amide bonds. The number of alkyl halides is 3. The summed E-state index contributed by atoms with van der Waals surface area (Å²) in [5.74, 6) is 1.40. The Labute approximate surface area is 158 Å². The van der Waals surface area contributed by atoms with Gasteiger partial charge >= 0.3 is 6.18 Å². The summed E-state index contributed by atoms with van der Waals surface area (Å²) in [5.41, 5.74) is -0.730. The van der Waals surface area contributed by atoms with Crippen molar-refractivity contribution in [1.29, 1.82) is 0 Å². The van der Waals surface area contributed by atoms with Crippen LogP contribution in [0.3, 0.4) is 0 Å². The van der Waals surface area contributed by atoms with Gasteiger partial charge in [-0.05, 0) is 37.3 Å². The molecule has 4 nitrogen and oxygen atoms in total. The van der Waals surface area contributed by atoms with Gasteiger partial charge < -0.3 is 10.2 Å². The van der Waals surface area contributed by atoms with Crippen LogP contribution < -0.4 is 10.2 Å². The Morgan fingerprint density at radius 3 is 2.41 bits per heavy atom. The smallest absolute Gasteiger partial charge is 0.356 e. The molecule has 1 aliphatic carbocycles. The summed E-state index contributed by atoms with van der Waals surface area (Å²) >= 11 is 0. The molecule has 0 atom stereocenters. The minimum Gasteiger partial charge on any atom is -0.356 e. The van der Waals surface area contributed by atoms with Crippen molar-refractivity contribution in [3.05, 3.63) is 23.9 Å². The summed E-state index contributed by atoms with van der Waals surface area (Å²) in [6.45, 7) is 1.37. The van der Waals surface area contributed by atoms with E-state index >= 15 is 0 Å². The highest BCUT2D eigenvalue weighted by Gasteiger charge is 2.31. The third-order valence-electron chi connectivity index (χ3n) is 5.76. The van der Waals surface area contributed by atoms with E-state index in [1.807, 2.05) is 4.90 Å². The van der Waals surface area contributed by atoms with Crippen LogP contribution in [0.1, 0.15) is 63.4 Å². The van der Waals surface area contributed by atoms with Gasteiger partial charge in [-0.15, -0.1) is 0 Å². The van der Waals surface area contributed by atoms with E-state index in [9.17, 15) is 18.0 Å². The Bertz CT molecular complexity index is 604. The van der Waals surface area contributed by atoms with Crippen molar-refractivity contribution in [2.24, 2.45) is 5.92 Å². The van der Waals surface area contributed by atoms with E-state index in [0.29, 0.717) is 31.2 Å². The van der Waals surface area contributed by atoms with Crippen molar-refractivity contribution in [2.45, 2.75) is 70.0 Å². The fourth-order valence-electron chi connectivity index (χ4n) is 4.10. The number of nitrogens with zero attached hydrogens (tertiary/aromatic N) is 2. The number of anilines is 1. The van der Waals surface area contributed by atoms with E-state index in [1.165, 1.54) is 38.2 Å². The van der Waals surface area contributed by atoms with E-state index in [0.717, 1.165) is 31.5 Å². The van der Waals surface area contributed by atoms with Crippen molar-refractivity contribution >= 4 is 11.7 Å². The molecular weight excluding hydrogens is 355 g/mol. The number of carbonyl (C=O) groups is 1. The fraction of sp³-hybridized carbons (Fsp3) is 0.700. The molecule has 0 spiro atoms. The zero-order valence-corrected chi connectivity index (χ0v) is 15.6. The van der Waals surface area contributed by atoms with Gasteiger partial charge in [-0.1, -0.05) is 32.1 Å². The average molecular weight is 383 g/mol. The van der Waals surface area contributed by atoms with Crippen molar-refractivity contribution in [1.82, 2.24) is 10.3 Å². The number of carbonyl (C=O) groups excluding carboxylic acids is 1. The van der Waals surface area contributed by atoms with E-state index in [1.54, 1.807) is 0 Å². The molecule has 0 aromatic carbocycles. The quantitative estimate of drug-likeness (QED) is 0.812. The molecule has 150 valence electrons. The van der Waals surface area contributed by atoms with Crippen LogP contribution in [0.25, 0.3) is 0 Å². The van der Waals surface area contributed by atoms with Gasteiger partial charge in [0.25, 0.3) is 0 Å². The molecule has 2 fully saturated rings. The number of hydrogen-bond donors (Lipinski definition) is 1. The van der Waals surface area contributed by atoms with E-state index in [-0.39, 0.29) is 11.9 Å². The molecule has 3 rings (SSSR count). The second-order valence-corrected chi connectivity index (χ2v) is 7.77. The van der Waals surface area contributed by atoms with Crippen LogP contribution >= 0.6 is 0 Å². The minimum absolute atomic E-state index is 0.131. The van der Waals surface area contributed by atoms with Gasteiger partial charge in [0, 0.05) is 31.7 Å². The topological polar surface area (TPSA) is 45.2 Å². The lowest BCUT2D eigenvalue weighted by Gasteiger charge is -2.33. The van der Waals surface area contributed by atoms with E-state index in [2.05, 4.69) is 10.3 Å². The Balaban J connectivity index is 1.40. The van der Waals surface area contributed by atoms with E-state index < -0.39 is 11.7 Å². The summed E-state index contributed by atoms with van der Waals surface area (Å²) in [6, 6.07) is 2.64. The Hall–Kier alpha value is -1.79. The number of rotatable bonds is 5. The first-order chi connectivity index (χ1) is 12.9. The van der Waals surface area contributed by atoms with Crippen LogP contribution in [0.2, 0.25) is 0 Å². The van der Waals surface area contributed by atoms with Crippen molar-refractivity contribution in [3.8, 4) is 0 Å². The molecule has 7 heteroatoms.